The maximum Gasteiger partial charge on any atom is 0.337 e. The van der Waals surface area contributed by atoms with Crippen LogP contribution < -0.4 is 0 Å². The lowest BCUT2D eigenvalue weighted by atomic mass is 10.1. The Morgan fingerprint density at radius 2 is 2.27 bits per heavy atom. The molecule has 1 N–H and O–H groups in total. The zero-order valence-corrected chi connectivity index (χ0v) is 10.9. The average Bonchev–Trinajstić information content (AvgIpc) is 2.16. The lowest BCUT2D eigenvalue weighted by Crippen LogP contribution is -2.08. The number of pyridine rings is 1. The number of carboxylic acids is 1. The number of alkyl halides is 3. The second-order valence-electron chi connectivity index (χ2n) is 2.61. The number of aromatic nitrogens is 1. The van der Waals surface area contributed by atoms with Gasteiger partial charge in [-0.2, -0.15) is 0 Å². The van der Waals surface area contributed by atoms with Gasteiger partial charge in [-0.3, -0.25) is 0 Å². The third-order valence-corrected chi connectivity index (χ3v) is 3.20. The zero-order valence-electron chi connectivity index (χ0n) is 7.18. The van der Waals surface area contributed by atoms with E-state index in [2.05, 4.69) is 20.9 Å². The number of carboxylic acid groups (broad SMARTS) is 1. The lowest BCUT2D eigenvalue weighted by molar-refractivity contribution is 0.0682. The summed E-state index contributed by atoms with van der Waals surface area (Å²) < 4.78 is 25.3. The molecule has 82 valence electrons. The number of hydrogen-bond donors (Lipinski definition) is 1. The molecular weight excluding hydrogens is 387 g/mol. The summed E-state index contributed by atoms with van der Waals surface area (Å²) in [5.74, 6) is -1.39. The molecule has 0 aliphatic rings. The van der Waals surface area contributed by atoms with Crippen molar-refractivity contribution in [2.24, 2.45) is 0 Å². The minimum Gasteiger partial charge on any atom is -0.478 e. The number of carbonyl (C=O) groups is 1. The summed E-state index contributed by atoms with van der Waals surface area (Å²) in [5, 5.41) is 9.11. The van der Waals surface area contributed by atoms with Crippen molar-refractivity contribution in [3.8, 4) is 0 Å². The molecule has 0 saturated heterocycles. The van der Waals surface area contributed by atoms with Crippen molar-refractivity contribution in [3.05, 3.63) is 26.6 Å². The second kappa shape index (κ2) is 5.15. The zero-order chi connectivity index (χ0) is 11.6. The van der Waals surface area contributed by atoms with Gasteiger partial charge in [0.25, 0.3) is 6.43 Å². The van der Waals surface area contributed by atoms with E-state index in [0.29, 0.717) is 14.6 Å². The Balaban J connectivity index is 3.39. The van der Waals surface area contributed by atoms with Gasteiger partial charge in [0.1, 0.15) is 9.39 Å². The summed E-state index contributed by atoms with van der Waals surface area (Å²) in [6.07, 6.45) is -2.88. The summed E-state index contributed by atoms with van der Waals surface area (Å²) in [6.45, 7) is 0. The molecule has 1 aromatic heterocycles. The van der Waals surface area contributed by atoms with E-state index in [1.54, 1.807) is 22.6 Å². The molecule has 0 aliphatic carbocycles. The molecule has 0 fully saturated rings. The van der Waals surface area contributed by atoms with Crippen molar-refractivity contribution in [3.63, 3.8) is 0 Å². The van der Waals surface area contributed by atoms with Crippen LogP contribution in [-0.4, -0.2) is 16.1 Å². The summed E-state index contributed by atoms with van der Waals surface area (Å²) in [5.41, 5.74) is -0.547. The van der Waals surface area contributed by atoms with Gasteiger partial charge in [-0.1, -0.05) is 15.9 Å². The van der Waals surface area contributed by atoms with Crippen LogP contribution >= 0.6 is 38.5 Å². The van der Waals surface area contributed by atoms with Gasteiger partial charge in [0.2, 0.25) is 0 Å². The number of nitrogens with zero attached hydrogens (tertiary/aromatic N) is 1. The number of rotatable bonds is 3. The minimum absolute atomic E-state index is 0.377. The highest BCUT2D eigenvalue weighted by molar-refractivity contribution is 14.1. The number of halogens is 4. The molecule has 0 radical (unpaired) electrons. The van der Waals surface area contributed by atoms with Crippen molar-refractivity contribution >= 4 is 44.5 Å². The van der Waals surface area contributed by atoms with Crippen LogP contribution in [0.1, 0.15) is 28.0 Å². The molecule has 0 atom stereocenters. The highest BCUT2D eigenvalue weighted by Crippen LogP contribution is 2.25. The van der Waals surface area contributed by atoms with Crippen molar-refractivity contribution < 1.29 is 18.7 Å². The van der Waals surface area contributed by atoms with E-state index in [0.717, 1.165) is 0 Å². The highest BCUT2D eigenvalue weighted by atomic mass is 127. The molecule has 0 bridgehead atoms. The maximum absolute atomic E-state index is 12.5. The van der Waals surface area contributed by atoms with Crippen LogP contribution in [-0.2, 0) is 5.33 Å². The van der Waals surface area contributed by atoms with E-state index in [-0.39, 0.29) is 0 Å². The first-order valence-electron chi connectivity index (χ1n) is 3.74. The molecule has 1 heterocycles. The van der Waals surface area contributed by atoms with Crippen LogP contribution in [0.5, 0.6) is 0 Å². The van der Waals surface area contributed by atoms with Crippen LogP contribution in [0.2, 0.25) is 0 Å². The summed E-state index contributed by atoms with van der Waals surface area (Å²) in [6, 6.07) is 1.22. The molecule has 0 amide bonds. The quantitative estimate of drug-likeness (QED) is 0.489. The Hall–Kier alpha value is -0.310. The van der Waals surface area contributed by atoms with E-state index >= 15 is 0 Å². The lowest BCUT2D eigenvalue weighted by Gasteiger charge is -2.07. The average molecular weight is 392 g/mol. The van der Waals surface area contributed by atoms with E-state index < -0.39 is 23.7 Å². The normalized spacial score (nSPS) is 10.7. The molecule has 3 nitrogen and oxygen atoms in total. The van der Waals surface area contributed by atoms with Crippen LogP contribution in [0, 0.1) is 3.70 Å². The second-order valence-corrected chi connectivity index (χ2v) is 4.19. The Morgan fingerprint density at radius 3 is 2.67 bits per heavy atom. The van der Waals surface area contributed by atoms with Crippen LogP contribution in [0.25, 0.3) is 0 Å². The topological polar surface area (TPSA) is 50.2 Å². The molecule has 15 heavy (non-hydrogen) atoms. The third kappa shape index (κ3) is 2.83. The molecule has 0 spiro atoms. The van der Waals surface area contributed by atoms with Crippen molar-refractivity contribution in [2.75, 3.05) is 0 Å². The van der Waals surface area contributed by atoms with Gasteiger partial charge < -0.3 is 5.11 Å². The van der Waals surface area contributed by atoms with Gasteiger partial charge in [-0.25, -0.2) is 18.6 Å². The van der Waals surface area contributed by atoms with E-state index in [9.17, 15) is 13.6 Å². The monoisotopic (exact) mass is 391 g/mol. The summed E-state index contributed by atoms with van der Waals surface area (Å²) in [4.78, 5) is 14.3. The molecule has 0 aliphatic heterocycles. The molecular formula is C8H5BrF2INO2. The predicted molar refractivity (Wildman–Crippen MR) is 61.5 cm³/mol. The van der Waals surface area contributed by atoms with Crippen LogP contribution in [0.3, 0.4) is 0 Å². The fraction of sp³-hybridized carbons (Fsp3) is 0.250. The first-order chi connectivity index (χ1) is 6.97. The van der Waals surface area contributed by atoms with E-state index in [1.807, 2.05) is 0 Å². The predicted octanol–water partition coefficient (Wildman–Crippen LogP) is 3.22. The van der Waals surface area contributed by atoms with Gasteiger partial charge in [0.05, 0.1) is 5.56 Å². The summed E-state index contributed by atoms with van der Waals surface area (Å²) in [7, 11) is 0. The summed E-state index contributed by atoms with van der Waals surface area (Å²) >= 11 is 4.92. The highest BCUT2D eigenvalue weighted by Gasteiger charge is 2.21. The number of hydrogen-bond acceptors (Lipinski definition) is 2. The molecule has 0 aromatic carbocycles. The van der Waals surface area contributed by atoms with Gasteiger partial charge in [0, 0.05) is 5.33 Å². The smallest absolute Gasteiger partial charge is 0.337 e. The maximum atomic E-state index is 12.5. The van der Waals surface area contributed by atoms with Crippen molar-refractivity contribution in [2.45, 2.75) is 11.8 Å². The molecule has 0 unspecified atom stereocenters. The largest absolute Gasteiger partial charge is 0.478 e. The number of aromatic carboxylic acids is 1. The minimum atomic E-state index is -2.88. The Kier molecular flexibility index (Phi) is 4.38. The van der Waals surface area contributed by atoms with E-state index in [1.165, 1.54) is 6.07 Å². The molecule has 0 saturated carbocycles. The standard InChI is InChI=1S/C8H5BrF2INO2/c9-2-3-1-4(8(14)15)5(6(10)11)13-7(3)12/h1,6H,2H2,(H,14,15). The van der Waals surface area contributed by atoms with Crippen LogP contribution in [0.4, 0.5) is 8.78 Å². The van der Waals surface area contributed by atoms with Crippen LogP contribution in [0.15, 0.2) is 6.07 Å². The van der Waals surface area contributed by atoms with Crippen molar-refractivity contribution in [1.82, 2.24) is 4.98 Å². The SMILES string of the molecule is O=C(O)c1cc(CBr)c(I)nc1C(F)F. The first kappa shape index (κ1) is 12.8. The molecule has 1 aromatic rings. The Morgan fingerprint density at radius 1 is 1.67 bits per heavy atom. The van der Waals surface area contributed by atoms with Gasteiger partial charge >= 0.3 is 5.97 Å². The van der Waals surface area contributed by atoms with Gasteiger partial charge in [0.15, 0.2) is 0 Å². The third-order valence-electron chi connectivity index (χ3n) is 1.66. The van der Waals surface area contributed by atoms with Crippen molar-refractivity contribution in [1.29, 1.82) is 0 Å². The Labute approximate surface area is 106 Å². The first-order valence-corrected chi connectivity index (χ1v) is 5.94. The van der Waals surface area contributed by atoms with Gasteiger partial charge in [-0.15, -0.1) is 0 Å². The molecule has 7 heteroatoms. The van der Waals surface area contributed by atoms with E-state index in [4.69, 9.17) is 5.11 Å². The molecule has 1 rings (SSSR count). The fourth-order valence-corrected chi connectivity index (χ4v) is 2.53. The Bertz CT molecular complexity index is 400. The van der Waals surface area contributed by atoms with Gasteiger partial charge in [-0.05, 0) is 34.2 Å². The fourth-order valence-electron chi connectivity index (χ4n) is 0.977.